The van der Waals surface area contributed by atoms with E-state index < -0.39 is 0 Å². The number of nitrogens with one attached hydrogen (secondary N) is 1. The van der Waals surface area contributed by atoms with Crippen LogP contribution in [-0.2, 0) is 4.74 Å². The molecule has 0 radical (unpaired) electrons. The van der Waals surface area contributed by atoms with Gasteiger partial charge in [0.1, 0.15) is 5.75 Å². The van der Waals surface area contributed by atoms with Crippen molar-refractivity contribution in [1.29, 1.82) is 0 Å². The SMILES string of the molecule is CCCCCCCCCCCCNC(=O)c1cc(/N=N/c2ccc(C(=O)OCC)cc2)c2ccccc2c1O. The number of hydrogen-bond acceptors (Lipinski definition) is 6. The summed E-state index contributed by atoms with van der Waals surface area (Å²) in [6.45, 7) is 4.87. The van der Waals surface area contributed by atoms with E-state index in [2.05, 4.69) is 22.5 Å². The minimum absolute atomic E-state index is 0.0658. The van der Waals surface area contributed by atoms with Gasteiger partial charge in [-0.15, -0.1) is 5.11 Å². The number of phenols is 1. The van der Waals surface area contributed by atoms with Gasteiger partial charge in [0.25, 0.3) is 5.91 Å². The largest absolute Gasteiger partial charge is 0.506 e. The number of carbonyl (C=O) groups is 2. The predicted octanol–water partition coefficient (Wildman–Crippen LogP) is 8.79. The van der Waals surface area contributed by atoms with Crippen molar-refractivity contribution in [3.05, 3.63) is 65.7 Å². The van der Waals surface area contributed by atoms with Crippen LogP contribution in [0.2, 0.25) is 0 Å². The molecule has 0 atom stereocenters. The number of unbranched alkanes of at least 4 members (excludes halogenated alkanes) is 9. The van der Waals surface area contributed by atoms with Gasteiger partial charge in [0.2, 0.25) is 0 Å². The number of rotatable bonds is 16. The first kappa shape index (κ1) is 29.8. The quantitative estimate of drug-likeness (QED) is 0.110. The number of benzene rings is 3. The first-order chi connectivity index (χ1) is 19.0. The second-order valence-electron chi connectivity index (χ2n) is 9.74. The Morgan fingerprint density at radius 3 is 2.05 bits per heavy atom. The number of esters is 1. The molecule has 39 heavy (non-hydrogen) atoms. The topological polar surface area (TPSA) is 100 Å². The maximum atomic E-state index is 13.0. The molecule has 2 N–H and O–H groups in total. The first-order valence-electron chi connectivity index (χ1n) is 14.3. The van der Waals surface area contributed by atoms with Gasteiger partial charge in [0, 0.05) is 17.3 Å². The fourth-order valence-corrected chi connectivity index (χ4v) is 4.50. The number of amides is 1. The summed E-state index contributed by atoms with van der Waals surface area (Å²) in [5, 5.41) is 23.7. The highest BCUT2D eigenvalue weighted by Gasteiger charge is 2.17. The Bertz CT molecular complexity index is 1240. The Morgan fingerprint density at radius 1 is 0.795 bits per heavy atom. The first-order valence-corrected chi connectivity index (χ1v) is 14.3. The number of carbonyl (C=O) groups excluding carboxylic acids is 2. The van der Waals surface area contributed by atoms with Gasteiger partial charge in [0.15, 0.2) is 0 Å². The molecule has 0 aliphatic rings. The molecule has 0 saturated heterocycles. The van der Waals surface area contributed by atoms with Crippen molar-refractivity contribution in [1.82, 2.24) is 5.32 Å². The van der Waals surface area contributed by atoms with Crippen molar-refractivity contribution in [3.8, 4) is 5.75 Å². The molecular formula is C32H41N3O4. The number of azo groups is 1. The molecule has 3 rings (SSSR count). The Balaban J connectivity index is 1.60. The van der Waals surface area contributed by atoms with Gasteiger partial charge in [-0.3, -0.25) is 4.79 Å². The van der Waals surface area contributed by atoms with Crippen LogP contribution in [0.1, 0.15) is 98.8 Å². The lowest BCUT2D eigenvalue weighted by Gasteiger charge is -2.11. The van der Waals surface area contributed by atoms with Crippen LogP contribution in [0.3, 0.4) is 0 Å². The monoisotopic (exact) mass is 531 g/mol. The smallest absolute Gasteiger partial charge is 0.338 e. The fourth-order valence-electron chi connectivity index (χ4n) is 4.50. The van der Waals surface area contributed by atoms with Crippen LogP contribution >= 0.6 is 0 Å². The van der Waals surface area contributed by atoms with Crippen LogP contribution in [0.25, 0.3) is 10.8 Å². The van der Waals surface area contributed by atoms with E-state index >= 15 is 0 Å². The third-order valence-corrected chi connectivity index (χ3v) is 6.71. The molecule has 0 aromatic heterocycles. The van der Waals surface area contributed by atoms with E-state index in [1.54, 1.807) is 43.3 Å². The Kier molecular flexibility index (Phi) is 12.4. The van der Waals surface area contributed by atoms with Crippen molar-refractivity contribution < 1.29 is 19.4 Å². The number of hydrogen-bond donors (Lipinski definition) is 2. The minimum atomic E-state index is -0.390. The molecule has 208 valence electrons. The zero-order valence-corrected chi connectivity index (χ0v) is 23.2. The molecule has 0 aliphatic carbocycles. The lowest BCUT2D eigenvalue weighted by atomic mass is 10.0. The number of fused-ring (bicyclic) bond motifs is 1. The normalized spacial score (nSPS) is 11.2. The van der Waals surface area contributed by atoms with Crippen LogP contribution in [0, 0.1) is 0 Å². The van der Waals surface area contributed by atoms with Gasteiger partial charge < -0.3 is 15.2 Å². The van der Waals surface area contributed by atoms with E-state index in [-0.39, 0.29) is 23.2 Å². The van der Waals surface area contributed by atoms with Crippen LogP contribution < -0.4 is 5.32 Å². The number of aromatic hydroxyl groups is 1. The van der Waals surface area contributed by atoms with Crippen molar-refractivity contribution in [2.24, 2.45) is 10.2 Å². The summed E-state index contributed by atoms with van der Waals surface area (Å²) in [5.41, 5.74) is 1.63. The summed E-state index contributed by atoms with van der Waals surface area (Å²) in [4.78, 5) is 24.8. The highest BCUT2D eigenvalue weighted by Crippen LogP contribution is 2.37. The lowest BCUT2D eigenvalue weighted by Crippen LogP contribution is -2.24. The minimum Gasteiger partial charge on any atom is -0.506 e. The average Bonchev–Trinajstić information content (AvgIpc) is 2.96. The maximum Gasteiger partial charge on any atom is 0.338 e. The van der Waals surface area contributed by atoms with Gasteiger partial charge >= 0.3 is 5.97 Å². The molecule has 0 unspecified atom stereocenters. The second kappa shape index (κ2) is 16.3. The summed E-state index contributed by atoms with van der Waals surface area (Å²) in [7, 11) is 0. The van der Waals surface area contributed by atoms with Crippen LogP contribution in [0.5, 0.6) is 5.75 Å². The molecule has 0 spiro atoms. The molecule has 7 heteroatoms. The molecule has 7 nitrogen and oxygen atoms in total. The number of nitrogens with zero attached hydrogens (tertiary/aromatic N) is 2. The molecule has 3 aromatic carbocycles. The van der Waals surface area contributed by atoms with E-state index in [1.165, 1.54) is 51.4 Å². The summed E-state index contributed by atoms with van der Waals surface area (Å²) in [6, 6.07) is 15.4. The summed E-state index contributed by atoms with van der Waals surface area (Å²) < 4.78 is 5.01. The number of phenolic OH excluding ortho intramolecular Hbond substituents is 1. The molecule has 3 aromatic rings. The third kappa shape index (κ3) is 9.20. The molecular weight excluding hydrogens is 490 g/mol. The maximum absolute atomic E-state index is 13.0. The summed E-state index contributed by atoms with van der Waals surface area (Å²) in [6.07, 6.45) is 12.3. The Hall–Kier alpha value is -3.74. The van der Waals surface area contributed by atoms with Crippen molar-refractivity contribution in [2.45, 2.75) is 78.1 Å². The second-order valence-corrected chi connectivity index (χ2v) is 9.74. The van der Waals surface area contributed by atoms with Gasteiger partial charge in [-0.2, -0.15) is 5.11 Å². The standard InChI is InChI=1S/C32H41N3O4/c1-3-5-6-7-8-9-10-11-12-15-22-33-31(37)28-23-29(26-16-13-14-17-27(26)30(28)36)35-34-25-20-18-24(19-21-25)32(38)39-4-2/h13-14,16-21,23,36H,3-12,15,22H2,1-2H3,(H,33,37)/b35-34+. The van der Waals surface area contributed by atoms with Crippen LogP contribution in [0.4, 0.5) is 11.4 Å². The fraction of sp³-hybridized carbons (Fsp3) is 0.438. The summed E-state index contributed by atoms with van der Waals surface area (Å²) in [5.74, 6) is -0.785. The van der Waals surface area contributed by atoms with E-state index in [0.717, 1.165) is 12.8 Å². The van der Waals surface area contributed by atoms with Gasteiger partial charge in [-0.05, 0) is 43.7 Å². The van der Waals surface area contributed by atoms with Crippen LogP contribution in [0.15, 0.2) is 64.8 Å². The lowest BCUT2D eigenvalue weighted by molar-refractivity contribution is 0.0526. The Morgan fingerprint density at radius 2 is 1.41 bits per heavy atom. The Labute approximate surface area is 231 Å². The van der Waals surface area contributed by atoms with Crippen molar-refractivity contribution in [2.75, 3.05) is 13.2 Å². The van der Waals surface area contributed by atoms with Crippen molar-refractivity contribution >= 4 is 34.0 Å². The van der Waals surface area contributed by atoms with Gasteiger partial charge in [0.05, 0.1) is 29.1 Å². The molecule has 0 aliphatic heterocycles. The van der Waals surface area contributed by atoms with E-state index in [1.807, 2.05) is 18.2 Å². The van der Waals surface area contributed by atoms with Gasteiger partial charge in [-0.1, -0.05) is 89.0 Å². The molecule has 0 heterocycles. The molecule has 0 saturated carbocycles. The average molecular weight is 532 g/mol. The van der Waals surface area contributed by atoms with Gasteiger partial charge in [-0.25, -0.2) is 4.79 Å². The zero-order valence-electron chi connectivity index (χ0n) is 23.2. The summed E-state index contributed by atoms with van der Waals surface area (Å²) >= 11 is 0. The molecule has 0 fully saturated rings. The van der Waals surface area contributed by atoms with Crippen LogP contribution in [-0.4, -0.2) is 30.1 Å². The highest BCUT2D eigenvalue weighted by atomic mass is 16.5. The van der Waals surface area contributed by atoms with E-state index in [0.29, 0.717) is 40.9 Å². The molecule has 0 bridgehead atoms. The predicted molar refractivity (Wildman–Crippen MR) is 156 cm³/mol. The van der Waals surface area contributed by atoms with E-state index in [4.69, 9.17) is 4.74 Å². The third-order valence-electron chi connectivity index (χ3n) is 6.71. The van der Waals surface area contributed by atoms with E-state index in [9.17, 15) is 14.7 Å². The highest BCUT2D eigenvalue weighted by molar-refractivity contribution is 6.07. The van der Waals surface area contributed by atoms with Crippen molar-refractivity contribution in [3.63, 3.8) is 0 Å². The zero-order chi connectivity index (χ0) is 27.9. The molecule has 1 amide bonds. The number of ether oxygens (including phenoxy) is 1.